The summed E-state index contributed by atoms with van der Waals surface area (Å²) < 4.78 is 4.63. The highest BCUT2D eigenvalue weighted by molar-refractivity contribution is 5.88. The number of hydrogen-bond donors (Lipinski definition) is 1. The van der Waals surface area contributed by atoms with Gasteiger partial charge in [-0.1, -0.05) is 6.92 Å². The lowest BCUT2D eigenvalue weighted by atomic mass is 10.1. The molecule has 1 aliphatic carbocycles. The van der Waals surface area contributed by atoms with Crippen molar-refractivity contribution in [2.24, 2.45) is 11.8 Å². The van der Waals surface area contributed by atoms with Gasteiger partial charge in [0.15, 0.2) is 0 Å². The molecule has 0 spiro atoms. The van der Waals surface area contributed by atoms with Crippen LogP contribution in [0.15, 0.2) is 18.3 Å². The van der Waals surface area contributed by atoms with E-state index in [4.69, 9.17) is 0 Å². The number of aromatic nitrogens is 1. The van der Waals surface area contributed by atoms with E-state index in [1.165, 1.54) is 20.0 Å². The largest absolute Gasteiger partial charge is 0.465 e. The van der Waals surface area contributed by atoms with Gasteiger partial charge in [-0.05, 0) is 43.4 Å². The molecule has 4 nitrogen and oxygen atoms in total. The molecule has 4 heteroatoms. The first-order valence-corrected chi connectivity index (χ1v) is 6.44. The van der Waals surface area contributed by atoms with Crippen LogP contribution in [0, 0.1) is 11.8 Å². The van der Waals surface area contributed by atoms with E-state index >= 15 is 0 Å². The average molecular weight is 248 g/mol. The molecule has 1 unspecified atom stereocenters. The van der Waals surface area contributed by atoms with E-state index in [1.54, 1.807) is 12.3 Å². The molecule has 18 heavy (non-hydrogen) atoms. The third-order valence-electron chi connectivity index (χ3n) is 3.45. The van der Waals surface area contributed by atoms with Gasteiger partial charge in [0.1, 0.15) is 0 Å². The molecule has 0 aromatic carbocycles. The van der Waals surface area contributed by atoms with E-state index in [0.29, 0.717) is 5.56 Å². The number of hydrogen-bond acceptors (Lipinski definition) is 4. The fraction of sp³-hybridized carbons (Fsp3) is 0.571. The molecule has 1 atom stereocenters. The normalized spacial score (nSPS) is 16.3. The van der Waals surface area contributed by atoms with Crippen LogP contribution in [0.25, 0.3) is 0 Å². The Hall–Kier alpha value is -1.42. The standard InChI is InChI=1S/C14H20N2O2/c1-10(11-3-4-11)7-15-9-13-6-5-12(8-16-13)14(17)18-2/h5-6,8,10-11,15H,3-4,7,9H2,1-2H3. The van der Waals surface area contributed by atoms with E-state index < -0.39 is 0 Å². The summed E-state index contributed by atoms with van der Waals surface area (Å²) in [5, 5.41) is 3.41. The Labute approximate surface area is 108 Å². The number of nitrogens with zero attached hydrogens (tertiary/aromatic N) is 1. The van der Waals surface area contributed by atoms with Crippen LogP contribution in [0.2, 0.25) is 0 Å². The number of rotatable bonds is 6. The molecule has 0 saturated heterocycles. The highest BCUT2D eigenvalue weighted by atomic mass is 16.5. The first kappa shape index (κ1) is 13.0. The maximum atomic E-state index is 11.2. The van der Waals surface area contributed by atoms with Crippen LogP contribution in [0.3, 0.4) is 0 Å². The number of ether oxygens (including phenoxy) is 1. The molecule has 2 rings (SSSR count). The Balaban J connectivity index is 1.77. The van der Waals surface area contributed by atoms with E-state index in [0.717, 1.165) is 30.6 Å². The highest BCUT2D eigenvalue weighted by Gasteiger charge is 2.27. The predicted octanol–water partition coefficient (Wildman–Crippen LogP) is 2.00. The molecule has 0 bridgehead atoms. The number of methoxy groups -OCH3 is 1. The van der Waals surface area contributed by atoms with E-state index in [1.807, 2.05) is 6.07 Å². The van der Waals surface area contributed by atoms with Crippen molar-refractivity contribution in [2.45, 2.75) is 26.3 Å². The maximum Gasteiger partial charge on any atom is 0.339 e. The summed E-state index contributed by atoms with van der Waals surface area (Å²) >= 11 is 0. The van der Waals surface area contributed by atoms with Crippen molar-refractivity contribution in [3.63, 3.8) is 0 Å². The summed E-state index contributed by atoms with van der Waals surface area (Å²) in [5.74, 6) is 1.33. The minimum absolute atomic E-state index is 0.343. The van der Waals surface area contributed by atoms with Gasteiger partial charge in [0.2, 0.25) is 0 Å². The second-order valence-electron chi connectivity index (χ2n) is 4.98. The summed E-state index contributed by atoms with van der Waals surface area (Å²) in [6.07, 6.45) is 4.33. The van der Waals surface area contributed by atoms with Crippen LogP contribution >= 0.6 is 0 Å². The Morgan fingerprint density at radius 1 is 1.56 bits per heavy atom. The number of carbonyl (C=O) groups excluding carboxylic acids is 1. The van der Waals surface area contributed by atoms with Crippen LogP contribution < -0.4 is 5.32 Å². The van der Waals surface area contributed by atoms with Gasteiger partial charge in [0, 0.05) is 12.7 Å². The molecule has 1 aromatic rings. The molecule has 1 aromatic heterocycles. The molecule has 98 valence electrons. The minimum Gasteiger partial charge on any atom is -0.465 e. The monoisotopic (exact) mass is 248 g/mol. The van der Waals surface area contributed by atoms with Crippen molar-refractivity contribution < 1.29 is 9.53 Å². The zero-order valence-corrected chi connectivity index (χ0v) is 11.0. The van der Waals surface area contributed by atoms with Gasteiger partial charge < -0.3 is 10.1 Å². The Morgan fingerprint density at radius 2 is 2.33 bits per heavy atom. The first-order valence-electron chi connectivity index (χ1n) is 6.44. The smallest absolute Gasteiger partial charge is 0.339 e. The lowest BCUT2D eigenvalue weighted by molar-refractivity contribution is 0.0600. The molecule has 1 heterocycles. The van der Waals surface area contributed by atoms with Crippen LogP contribution in [0.1, 0.15) is 35.8 Å². The average Bonchev–Trinajstić information content (AvgIpc) is 3.23. The van der Waals surface area contributed by atoms with Gasteiger partial charge in [0.05, 0.1) is 18.4 Å². The second kappa shape index (κ2) is 5.96. The Morgan fingerprint density at radius 3 is 2.89 bits per heavy atom. The number of pyridine rings is 1. The quantitative estimate of drug-likeness (QED) is 0.782. The molecule has 0 amide bonds. The van der Waals surface area contributed by atoms with Gasteiger partial charge in [-0.2, -0.15) is 0 Å². The van der Waals surface area contributed by atoms with Crippen LogP contribution in [-0.4, -0.2) is 24.6 Å². The number of nitrogens with one attached hydrogen (secondary N) is 1. The van der Waals surface area contributed by atoms with Crippen molar-refractivity contribution in [3.05, 3.63) is 29.6 Å². The third-order valence-corrected chi connectivity index (χ3v) is 3.45. The number of esters is 1. The van der Waals surface area contributed by atoms with E-state index in [9.17, 15) is 4.79 Å². The molecule has 1 N–H and O–H groups in total. The van der Waals surface area contributed by atoms with Gasteiger partial charge in [0.25, 0.3) is 0 Å². The van der Waals surface area contributed by atoms with Crippen molar-refractivity contribution in [3.8, 4) is 0 Å². The SMILES string of the molecule is COC(=O)c1ccc(CNCC(C)C2CC2)nc1. The third kappa shape index (κ3) is 3.53. The van der Waals surface area contributed by atoms with Crippen molar-refractivity contribution >= 4 is 5.97 Å². The van der Waals surface area contributed by atoms with Crippen LogP contribution in [-0.2, 0) is 11.3 Å². The van der Waals surface area contributed by atoms with Crippen molar-refractivity contribution in [1.82, 2.24) is 10.3 Å². The van der Waals surface area contributed by atoms with Crippen LogP contribution in [0.5, 0.6) is 0 Å². The van der Waals surface area contributed by atoms with Crippen LogP contribution in [0.4, 0.5) is 0 Å². The van der Waals surface area contributed by atoms with Gasteiger partial charge >= 0.3 is 5.97 Å². The molecule has 1 saturated carbocycles. The fourth-order valence-electron chi connectivity index (χ4n) is 2.03. The van der Waals surface area contributed by atoms with Gasteiger partial charge in [-0.25, -0.2) is 4.79 Å². The Bertz CT molecular complexity index is 399. The first-order chi connectivity index (χ1) is 8.70. The van der Waals surface area contributed by atoms with Crippen molar-refractivity contribution in [2.75, 3.05) is 13.7 Å². The van der Waals surface area contributed by atoms with Crippen molar-refractivity contribution in [1.29, 1.82) is 0 Å². The summed E-state index contributed by atoms with van der Waals surface area (Å²) in [6, 6.07) is 3.61. The Kier molecular flexibility index (Phi) is 4.31. The highest BCUT2D eigenvalue weighted by Crippen LogP contribution is 2.36. The molecular weight excluding hydrogens is 228 g/mol. The van der Waals surface area contributed by atoms with Gasteiger partial charge in [-0.3, -0.25) is 4.98 Å². The fourth-order valence-corrected chi connectivity index (χ4v) is 2.03. The van der Waals surface area contributed by atoms with E-state index in [2.05, 4.69) is 22.0 Å². The molecule has 1 aliphatic rings. The summed E-state index contributed by atoms with van der Waals surface area (Å²) in [7, 11) is 1.37. The topological polar surface area (TPSA) is 51.2 Å². The minimum atomic E-state index is -0.343. The second-order valence-corrected chi connectivity index (χ2v) is 4.98. The predicted molar refractivity (Wildman–Crippen MR) is 69.2 cm³/mol. The molecular formula is C14H20N2O2. The maximum absolute atomic E-state index is 11.2. The lowest BCUT2D eigenvalue weighted by Crippen LogP contribution is -2.22. The molecule has 1 fully saturated rings. The molecule has 0 aliphatic heterocycles. The summed E-state index contributed by atoms with van der Waals surface area (Å²) in [5.41, 5.74) is 1.44. The molecule has 0 radical (unpaired) electrons. The zero-order valence-electron chi connectivity index (χ0n) is 11.0. The van der Waals surface area contributed by atoms with E-state index in [-0.39, 0.29) is 5.97 Å². The summed E-state index contributed by atoms with van der Waals surface area (Å²) in [6.45, 7) is 4.07. The summed E-state index contributed by atoms with van der Waals surface area (Å²) in [4.78, 5) is 15.5. The zero-order chi connectivity index (χ0) is 13.0. The number of carbonyl (C=O) groups is 1. The lowest BCUT2D eigenvalue weighted by Gasteiger charge is -2.11. The van der Waals surface area contributed by atoms with Gasteiger partial charge in [-0.15, -0.1) is 0 Å².